The third kappa shape index (κ3) is 8.55. The van der Waals surface area contributed by atoms with Crippen molar-refractivity contribution >= 4 is 40.9 Å². The van der Waals surface area contributed by atoms with Crippen molar-refractivity contribution in [1.29, 1.82) is 0 Å². The minimum Gasteiger partial charge on any atom is -0.406 e. The second-order valence-corrected chi connectivity index (χ2v) is 12.1. The van der Waals surface area contributed by atoms with Gasteiger partial charge in [-0.3, -0.25) is 10.4 Å². The van der Waals surface area contributed by atoms with Crippen LogP contribution < -0.4 is 20.6 Å². The van der Waals surface area contributed by atoms with Crippen LogP contribution in [0, 0.1) is 20.8 Å². The van der Waals surface area contributed by atoms with Crippen molar-refractivity contribution < 1.29 is 22.4 Å². The molecule has 2 heterocycles. The second-order valence-electron chi connectivity index (χ2n) is 11.1. The largest absolute Gasteiger partial charge is 0.573 e. The van der Waals surface area contributed by atoms with E-state index in [4.69, 9.17) is 9.52 Å². The Bertz CT molecular complexity index is 1960. The van der Waals surface area contributed by atoms with E-state index >= 15 is 0 Å². The molecule has 1 aliphatic heterocycles. The number of hydrogen-bond acceptors (Lipinski definition) is 9. The molecule has 0 saturated carbocycles. The number of ether oxygens (including phenoxy) is 1. The maximum Gasteiger partial charge on any atom is 0.573 e. The summed E-state index contributed by atoms with van der Waals surface area (Å²) in [4.78, 5) is 9.45. The highest BCUT2D eigenvalue weighted by molar-refractivity contribution is 8.13. The molecule has 1 aromatic heterocycles. The first-order valence-corrected chi connectivity index (χ1v) is 16.2. The van der Waals surface area contributed by atoms with Crippen molar-refractivity contribution in [3.63, 3.8) is 0 Å². The van der Waals surface area contributed by atoms with Crippen LogP contribution in [0.3, 0.4) is 0 Å². The zero-order chi connectivity index (χ0) is 34.4. The number of aryl methyl sites for hydroxylation is 3. The molecule has 13 heteroatoms. The number of aromatic nitrogens is 1. The molecule has 1 aliphatic rings. The van der Waals surface area contributed by atoms with Crippen molar-refractivity contribution in [3.8, 4) is 17.0 Å². The van der Waals surface area contributed by atoms with Gasteiger partial charge in [0.25, 0.3) is 0 Å². The molecule has 0 fully saturated rings. The third-order valence-corrected chi connectivity index (χ3v) is 8.49. The van der Waals surface area contributed by atoms with Crippen LogP contribution >= 0.6 is 11.8 Å². The lowest BCUT2D eigenvalue weighted by Gasteiger charge is -2.18. The summed E-state index contributed by atoms with van der Waals surface area (Å²) in [6.07, 6.45) is -1.81. The number of hydrogen-bond donors (Lipinski definition) is 2. The molecule has 0 aliphatic carbocycles. The summed E-state index contributed by atoms with van der Waals surface area (Å²) in [5.41, 5.74) is 14.5. The van der Waals surface area contributed by atoms with Gasteiger partial charge in [-0.1, -0.05) is 89.7 Å². The van der Waals surface area contributed by atoms with E-state index in [1.54, 1.807) is 17.6 Å². The number of para-hydroxylation sites is 1. The predicted molar refractivity (Wildman–Crippen MR) is 188 cm³/mol. The monoisotopic (exact) mass is 683 g/mol. The number of rotatable bonds is 9. The number of amidine groups is 1. The zero-order valence-electron chi connectivity index (χ0n) is 26.8. The zero-order valence-corrected chi connectivity index (χ0v) is 27.6. The van der Waals surface area contributed by atoms with Crippen LogP contribution in [-0.4, -0.2) is 29.2 Å². The van der Waals surface area contributed by atoms with Crippen molar-refractivity contribution in [2.45, 2.75) is 39.1 Å². The van der Waals surface area contributed by atoms with Crippen LogP contribution in [0.25, 0.3) is 11.3 Å². The van der Waals surface area contributed by atoms with Gasteiger partial charge < -0.3 is 9.26 Å². The normalized spacial score (nSPS) is 14.9. The number of anilines is 1. The van der Waals surface area contributed by atoms with Crippen molar-refractivity contribution in [3.05, 3.63) is 131 Å². The van der Waals surface area contributed by atoms with Gasteiger partial charge in [-0.05, 0) is 67.3 Å². The number of hydrazine groups is 1. The van der Waals surface area contributed by atoms with Gasteiger partial charge in [0.15, 0.2) is 5.17 Å². The molecule has 0 amide bonds. The SMILES string of the molecule is Cc1cccc(C)c1N=C(N/N=C/c1ccc(C2N=CN(c3ccc(OC(F)(F)F)cc3)N2)cc1)SCc1c(-c2ccccc2)noc1C. The van der Waals surface area contributed by atoms with Gasteiger partial charge in [0, 0.05) is 16.9 Å². The predicted octanol–water partition coefficient (Wildman–Crippen LogP) is 8.76. The van der Waals surface area contributed by atoms with Crippen LogP contribution in [-0.2, 0) is 5.75 Å². The first-order chi connectivity index (χ1) is 23.6. The number of halogens is 3. The number of thioether (sulfide) groups is 1. The molecule has 49 heavy (non-hydrogen) atoms. The smallest absolute Gasteiger partial charge is 0.406 e. The van der Waals surface area contributed by atoms with Crippen molar-refractivity contribution in [1.82, 2.24) is 16.0 Å². The fourth-order valence-electron chi connectivity index (χ4n) is 5.07. The van der Waals surface area contributed by atoms with Crippen molar-refractivity contribution in [2.75, 3.05) is 5.01 Å². The Labute approximate surface area is 285 Å². The number of benzene rings is 4. The summed E-state index contributed by atoms with van der Waals surface area (Å²) < 4.78 is 47.0. The first kappa shape index (κ1) is 33.5. The lowest BCUT2D eigenvalue weighted by molar-refractivity contribution is -0.274. The Balaban J connectivity index is 1.12. The van der Waals surface area contributed by atoms with E-state index in [0.29, 0.717) is 16.6 Å². The molecular formula is C36H32F3N7O2S. The van der Waals surface area contributed by atoms with Crippen LogP contribution in [0.5, 0.6) is 5.75 Å². The quantitative estimate of drug-likeness (QED) is 0.0911. The number of hydrazone groups is 1. The molecule has 0 spiro atoms. The van der Waals surface area contributed by atoms with Gasteiger partial charge in [-0.2, -0.15) is 10.5 Å². The van der Waals surface area contributed by atoms with E-state index in [1.807, 2.05) is 93.6 Å². The van der Waals surface area contributed by atoms with Gasteiger partial charge in [0.2, 0.25) is 0 Å². The standard InChI is InChI=1S/C36H32F3N7O2S/c1-23-8-7-9-24(2)32(23)42-35(49-21-31-25(3)48-45-33(31)27-10-5-4-6-11-27)43-41-20-26-12-14-28(15-13-26)34-40-22-46(44-34)29-16-18-30(19-17-29)47-36(37,38)39/h4-20,22,34,44H,21H2,1-3H3,(H,42,43)/b41-20+. The van der Waals surface area contributed by atoms with E-state index in [-0.39, 0.29) is 11.9 Å². The van der Waals surface area contributed by atoms with Crippen LogP contribution in [0.4, 0.5) is 24.5 Å². The lowest BCUT2D eigenvalue weighted by Crippen LogP contribution is -2.33. The second kappa shape index (κ2) is 14.8. The summed E-state index contributed by atoms with van der Waals surface area (Å²) in [7, 11) is 0. The fourth-order valence-corrected chi connectivity index (χ4v) is 5.96. The minimum absolute atomic E-state index is 0.291. The average Bonchev–Trinajstić information content (AvgIpc) is 3.72. The highest BCUT2D eigenvalue weighted by Gasteiger charge is 2.31. The molecule has 0 saturated heterocycles. The summed E-state index contributed by atoms with van der Waals surface area (Å²) in [6.45, 7) is 5.97. The summed E-state index contributed by atoms with van der Waals surface area (Å²) in [5, 5.41) is 11.1. The van der Waals surface area contributed by atoms with E-state index in [2.05, 4.69) is 30.8 Å². The van der Waals surface area contributed by atoms with Gasteiger partial charge in [-0.15, -0.1) is 13.2 Å². The van der Waals surface area contributed by atoms with Crippen LogP contribution in [0.1, 0.15) is 39.7 Å². The molecule has 2 N–H and O–H groups in total. The van der Waals surface area contributed by atoms with Crippen LogP contribution in [0.2, 0.25) is 0 Å². The summed E-state index contributed by atoms with van der Waals surface area (Å²) >= 11 is 1.51. The van der Waals surface area contributed by atoms with Gasteiger partial charge in [-0.25, -0.2) is 9.98 Å². The molecule has 1 atom stereocenters. The third-order valence-electron chi connectivity index (χ3n) is 7.61. The first-order valence-electron chi connectivity index (χ1n) is 15.2. The minimum atomic E-state index is -4.74. The van der Waals surface area contributed by atoms with E-state index in [0.717, 1.165) is 50.5 Å². The van der Waals surface area contributed by atoms with Gasteiger partial charge >= 0.3 is 6.36 Å². The number of nitrogens with one attached hydrogen (secondary N) is 2. The molecular weight excluding hydrogens is 652 g/mol. The molecule has 0 bridgehead atoms. The maximum atomic E-state index is 12.5. The topological polar surface area (TPSA) is 99.6 Å². The van der Waals surface area contributed by atoms with Crippen LogP contribution in [0.15, 0.2) is 117 Å². The molecule has 9 nitrogen and oxygen atoms in total. The molecule has 0 radical (unpaired) electrons. The highest BCUT2D eigenvalue weighted by Crippen LogP contribution is 2.31. The van der Waals surface area contributed by atoms with E-state index in [1.165, 1.54) is 36.0 Å². The average molecular weight is 684 g/mol. The fraction of sp³-hybridized carbons (Fsp3) is 0.167. The van der Waals surface area contributed by atoms with Crippen molar-refractivity contribution in [2.24, 2.45) is 15.1 Å². The van der Waals surface area contributed by atoms with E-state index in [9.17, 15) is 13.2 Å². The maximum absolute atomic E-state index is 12.5. The number of aliphatic imine (C=N–C) groups is 2. The Kier molecular flexibility index (Phi) is 10.1. The number of alkyl halides is 3. The van der Waals surface area contributed by atoms with Gasteiger partial charge in [0.05, 0.1) is 17.6 Å². The Morgan fingerprint density at radius 1 is 0.959 bits per heavy atom. The molecule has 4 aromatic carbocycles. The Morgan fingerprint density at radius 2 is 1.67 bits per heavy atom. The highest BCUT2D eigenvalue weighted by atomic mass is 32.2. The summed E-state index contributed by atoms with van der Waals surface area (Å²) in [5.74, 6) is 1.03. The molecule has 250 valence electrons. The number of nitrogens with zero attached hydrogens (tertiary/aromatic N) is 5. The van der Waals surface area contributed by atoms with Gasteiger partial charge in [0.1, 0.15) is 29.7 Å². The van der Waals surface area contributed by atoms with E-state index < -0.39 is 6.36 Å². The molecule has 6 rings (SSSR count). The lowest BCUT2D eigenvalue weighted by atomic mass is 10.1. The Hall–Kier alpha value is -5.40. The molecule has 5 aromatic rings. The summed E-state index contributed by atoms with van der Waals surface area (Å²) in [6, 6.07) is 29.2. The molecule has 1 unspecified atom stereocenters. The Morgan fingerprint density at radius 3 is 2.37 bits per heavy atom.